The lowest BCUT2D eigenvalue weighted by Crippen LogP contribution is -2.57. The molecule has 9 N–H and O–H groups in total. The number of nitrogens with two attached hydrogens (primary N) is 1. The van der Waals surface area contributed by atoms with Crippen LogP contribution in [0.2, 0.25) is 0 Å². The van der Waals surface area contributed by atoms with Crippen molar-refractivity contribution < 1.29 is 54.0 Å². The molecule has 0 aromatic carbocycles. The van der Waals surface area contributed by atoms with E-state index in [2.05, 4.69) is 10.6 Å². The van der Waals surface area contributed by atoms with E-state index in [1.165, 1.54) is 0 Å². The van der Waals surface area contributed by atoms with Gasteiger partial charge in [-0.2, -0.15) is 0 Å². The topological polar surface area (TPSA) is 263 Å². The van der Waals surface area contributed by atoms with Crippen molar-refractivity contribution in [2.75, 3.05) is 0 Å². The van der Waals surface area contributed by atoms with Crippen molar-refractivity contribution in [2.24, 2.45) is 11.7 Å². The van der Waals surface area contributed by atoms with Crippen LogP contribution >= 0.6 is 0 Å². The first-order valence-corrected chi connectivity index (χ1v) is 10.2. The number of amides is 3. The second-order valence-electron chi connectivity index (χ2n) is 7.89. The molecule has 0 spiro atoms. The Bertz CT molecular complexity index is 799. The van der Waals surface area contributed by atoms with Crippen molar-refractivity contribution >= 4 is 41.6 Å². The van der Waals surface area contributed by atoms with Gasteiger partial charge in [-0.15, -0.1) is 0 Å². The molecule has 15 heteroatoms. The van der Waals surface area contributed by atoms with Gasteiger partial charge in [0.1, 0.15) is 18.1 Å². The molecule has 0 aliphatic heterocycles. The number of hydrogen-bond acceptors (Lipinski definition) is 8. The molecule has 15 nitrogen and oxygen atoms in total. The summed E-state index contributed by atoms with van der Waals surface area (Å²) in [4.78, 5) is 81.3. The number of aliphatic carboxylic acids is 4. The lowest BCUT2D eigenvalue weighted by Gasteiger charge is -2.25. The zero-order valence-corrected chi connectivity index (χ0v) is 18.6. The first-order valence-electron chi connectivity index (χ1n) is 10.2. The van der Waals surface area contributed by atoms with E-state index in [0.29, 0.717) is 0 Å². The maximum Gasteiger partial charge on any atom is 0.326 e. The standard InChI is InChI=1S/C19H30N4O11/c1-8(2)5-11(22-16(30)9(20)6-14(26)27)17(31)23-12(7-15(28)29)18(32)21-10(19(33)34)3-4-13(24)25/h8-12H,3-7,20H2,1-2H3,(H,21,32)(H,22,30)(H,23,31)(H,24,25)(H,26,27)(H,28,29)(H,33,34)/t9-,10-,11-,12-/m0/s1. The molecule has 192 valence electrons. The zero-order valence-electron chi connectivity index (χ0n) is 18.6. The summed E-state index contributed by atoms with van der Waals surface area (Å²) in [7, 11) is 0. The molecule has 0 rings (SSSR count). The smallest absolute Gasteiger partial charge is 0.326 e. The molecule has 0 radical (unpaired) electrons. The molecule has 34 heavy (non-hydrogen) atoms. The Kier molecular flexibility index (Phi) is 12.8. The van der Waals surface area contributed by atoms with E-state index in [-0.39, 0.29) is 12.3 Å². The van der Waals surface area contributed by atoms with Gasteiger partial charge in [-0.05, 0) is 18.8 Å². The van der Waals surface area contributed by atoms with Gasteiger partial charge in [0, 0.05) is 6.42 Å². The van der Waals surface area contributed by atoms with Gasteiger partial charge in [-0.3, -0.25) is 28.8 Å². The normalized spacial score (nSPS) is 14.2. The predicted octanol–water partition coefficient (Wildman–Crippen LogP) is -2.29. The van der Waals surface area contributed by atoms with Crippen LogP contribution in [0.4, 0.5) is 0 Å². The highest BCUT2D eigenvalue weighted by molar-refractivity contribution is 5.96. The average molecular weight is 490 g/mol. The Morgan fingerprint density at radius 2 is 1.15 bits per heavy atom. The quantitative estimate of drug-likeness (QED) is 0.114. The SMILES string of the molecule is CC(C)C[C@H](NC(=O)[C@@H](N)CC(=O)O)C(=O)N[C@@H](CC(=O)O)C(=O)N[C@@H](CCC(=O)O)C(=O)O. The molecule has 0 saturated carbocycles. The van der Waals surface area contributed by atoms with E-state index in [4.69, 9.17) is 26.2 Å². The van der Waals surface area contributed by atoms with E-state index >= 15 is 0 Å². The number of carboxylic acid groups (broad SMARTS) is 4. The van der Waals surface area contributed by atoms with Gasteiger partial charge in [0.05, 0.1) is 18.9 Å². The summed E-state index contributed by atoms with van der Waals surface area (Å²) in [6.45, 7) is 3.40. The largest absolute Gasteiger partial charge is 0.481 e. The zero-order chi connectivity index (χ0) is 26.6. The predicted molar refractivity (Wildman–Crippen MR) is 112 cm³/mol. The summed E-state index contributed by atoms with van der Waals surface area (Å²) in [6.07, 6.45) is -2.71. The van der Waals surface area contributed by atoms with Gasteiger partial charge in [0.15, 0.2) is 0 Å². The lowest BCUT2D eigenvalue weighted by molar-refractivity contribution is -0.144. The lowest BCUT2D eigenvalue weighted by atomic mass is 10.0. The molecule has 0 unspecified atom stereocenters. The molecule has 0 bridgehead atoms. The Labute approximate surface area is 194 Å². The Balaban J connectivity index is 5.54. The fraction of sp³-hybridized carbons (Fsp3) is 0.632. The van der Waals surface area contributed by atoms with Crippen LogP contribution in [0, 0.1) is 5.92 Å². The minimum absolute atomic E-state index is 0.0230. The van der Waals surface area contributed by atoms with E-state index in [1.807, 2.05) is 5.32 Å². The maximum absolute atomic E-state index is 12.7. The van der Waals surface area contributed by atoms with E-state index in [1.54, 1.807) is 13.8 Å². The number of carboxylic acids is 4. The molecule has 3 amide bonds. The monoisotopic (exact) mass is 490 g/mol. The molecule has 0 aromatic heterocycles. The van der Waals surface area contributed by atoms with Crippen LogP contribution in [0.5, 0.6) is 0 Å². The van der Waals surface area contributed by atoms with Crippen LogP contribution in [0.3, 0.4) is 0 Å². The van der Waals surface area contributed by atoms with Crippen molar-refractivity contribution in [3.63, 3.8) is 0 Å². The average Bonchev–Trinajstić information content (AvgIpc) is 2.68. The van der Waals surface area contributed by atoms with E-state index in [0.717, 1.165) is 0 Å². The minimum atomic E-state index is -1.75. The second kappa shape index (κ2) is 14.4. The molecule has 0 saturated heterocycles. The molecular formula is C19H30N4O11. The Morgan fingerprint density at radius 1 is 0.676 bits per heavy atom. The van der Waals surface area contributed by atoms with Gasteiger partial charge >= 0.3 is 23.9 Å². The number of nitrogens with one attached hydrogen (secondary N) is 3. The Hall–Kier alpha value is -3.75. The van der Waals surface area contributed by atoms with Crippen LogP contribution in [0.15, 0.2) is 0 Å². The summed E-state index contributed by atoms with van der Waals surface area (Å²) >= 11 is 0. The number of hydrogen-bond donors (Lipinski definition) is 8. The van der Waals surface area contributed by atoms with Gasteiger partial charge < -0.3 is 42.1 Å². The molecule has 4 atom stereocenters. The van der Waals surface area contributed by atoms with Gasteiger partial charge in [0.2, 0.25) is 17.7 Å². The number of carbonyl (C=O) groups excluding carboxylic acids is 3. The third kappa shape index (κ3) is 12.3. The summed E-state index contributed by atoms with van der Waals surface area (Å²) in [5.41, 5.74) is 5.48. The van der Waals surface area contributed by atoms with Crippen LogP contribution in [0.1, 0.15) is 46.0 Å². The summed E-state index contributed by atoms with van der Waals surface area (Å²) in [6, 6.07) is -6.18. The van der Waals surface area contributed by atoms with E-state index < -0.39 is 91.4 Å². The van der Waals surface area contributed by atoms with Crippen molar-refractivity contribution in [3.8, 4) is 0 Å². The third-order valence-corrected chi connectivity index (χ3v) is 4.34. The molecular weight excluding hydrogens is 460 g/mol. The fourth-order valence-corrected chi connectivity index (χ4v) is 2.72. The molecule has 0 aliphatic carbocycles. The summed E-state index contributed by atoms with van der Waals surface area (Å²) in [5.74, 6) is -9.04. The van der Waals surface area contributed by atoms with Crippen LogP contribution in [0.25, 0.3) is 0 Å². The highest BCUT2D eigenvalue weighted by Crippen LogP contribution is 2.08. The van der Waals surface area contributed by atoms with E-state index in [9.17, 15) is 33.6 Å². The van der Waals surface area contributed by atoms with Gasteiger partial charge in [-0.1, -0.05) is 13.8 Å². The van der Waals surface area contributed by atoms with Crippen molar-refractivity contribution in [1.82, 2.24) is 16.0 Å². The van der Waals surface area contributed by atoms with Gasteiger partial charge in [-0.25, -0.2) is 4.79 Å². The van der Waals surface area contributed by atoms with Crippen LogP contribution in [-0.4, -0.2) is 86.2 Å². The Morgan fingerprint density at radius 3 is 1.59 bits per heavy atom. The van der Waals surface area contributed by atoms with Crippen LogP contribution < -0.4 is 21.7 Å². The molecule has 0 fully saturated rings. The minimum Gasteiger partial charge on any atom is -0.481 e. The van der Waals surface area contributed by atoms with Crippen LogP contribution in [-0.2, 0) is 33.6 Å². The molecule has 0 aliphatic rings. The fourth-order valence-electron chi connectivity index (χ4n) is 2.72. The first-order chi connectivity index (χ1) is 15.6. The highest BCUT2D eigenvalue weighted by atomic mass is 16.4. The maximum atomic E-state index is 12.7. The number of carbonyl (C=O) groups is 7. The summed E-state index contributed by atoms with van der Waals surface area (Å²) < 4.78 is 0. The highest BCUT2D eigenvalue weighted by Gasteiger charge is 2.32. The third-order valence-electron chi connectivity index (χ3n) is 4.34. The molecule has 0 heterocycles. The van der Waals surface area contributed by atoms with Crippen molar-refractivity contribution in [1.29, 1.82) is 0 Å². The number of rotatable bonds is 16. The van der Waals surface area contributed by atoms with Crippen molar-refractivity contribution in [2.45, 2.75) is 70.1 Å². The molecule has 0 aromatic rings. The van der Waals surface area contributed by atoms with Gasteiger partial charge in [0.25, 0.3) is 0 Å². The first kappa shape index (κ1) is 30.2. The summed E-state index contributed by atoms with van der Waals surface area (Å²) in [5, 5.41) is 42.1. The second-order valence-corrected chi connectivity index (χ2v) is 7.89. The van der Waals surface area contributed by atoms with Crippen molar-refractivity contribution in [3.05, 3.63) is 0 Å².